The second-order valence-electron chi connectivity index (χ2n) is 6.68. The van der Waals surface area contributed by atoms with Crippen molar-refractivity contribution in [2.75, 3.05) is 13.2 Å². The van der Waals surface area contributed by atoms with Gasteiger partial charge in [-0.3, -0.25) is 4.79 Å². The number of carboxylic acid groups (broad SMARTS) is 1. The number of rotatable bonds is 5. The number of carbonyl (C=O) groups excluding carboxylic acids is 1. The summed E-state index contributed by atoms with van der Waals surface area (Å²) < 4.78 is 22.5. The first-order valence-corrected chi connectivity index (χ1v) is 9.35. The minimum absolute atomic E-state index is 0.181. The van der Waals surface area contributed by atoms with Crippen molar-refractivity contribution in [1.29, 1.82) is 0 Å². The van der Waals surface area contributed by atoms with E-state index in [0.717, 1.165) is 0 Å². The lowest BCUT2D eigenvalue weighted by Gasteiger charge is -2.19. The molecular formula is C22H19O7-. The van der Waals surface area contributed by atoms with Crippen molar-refractivity contribution in [2.45, 2.75) is 26.4 Å². The Morgan fingerprint density at radius 3 is 2.62 bits per heavy atom. The summed E-state index contributed by atoms with van der Waals surface area (Å²) in [6.45, 7) is 4.21. The van der Waals surface area contributed by atoms with Crippen molar-refractivity contribution in [2.24, 2.45) is 0 Å². The molecule has 0 amide bonds. The summed E-state index contributed by atoms with van der Waals surface area (Å²) >= 11 is 0. The molecule has 1 aliphatic rings. The lowest BCUT2D eigenvalue weighted by Crippen LogP contribution is -2.37. The summed E-state index contributed by atoms with van der Waals surface area (Å²) in [5, 5.41) is 11.3. The predicted molar refractivity (Wildman–Crippen MR) is 103 cm³/mol. The molecule has 7 heteroatoms. The lowest BCUT2D eigenvalue weighted by molar-refractivity contribution is -0.312. The summed E-state index contributed by atoms with van der Waals surface area (Å²) in [7, 11) is 0. The summed E-state index contributed by atoms with van der Waals surface area (Å²) in [6, 6.07) is 10.00. The molecule has 29 heavy (non-hydrogen) atoms. The van der Waals surface area contributed by atoms with E-state index in [0.29, 0.717) is 59.0 Å². The highest BCUT2D eigenvalue weighted by atomic mass is 16.6. The molecule has 150 valence electrons. The highest BCUT2D eigenvalue weighted by molar-refractivity contribution is 5.84. The van der Waals surface area contributed by atoms with Crippen LogP contribution in [-0.2, 0) is 11.2 Å². The number of benzene rings is 2. The number of carbonyl (C=O) groups is 1. The molecule has 1 aromatic heterocycles. The van der Waals surface area contributed by atoms with E-state index >= 15 is 0 Å². The third kappa shape index (κ3) is 3.51. The lowest BCUT2D eigenvalue weighted by atomic mass is 10.0. The van der Waals surface area contributed by atoms with E-state index in [9.17, 15) is 14.7 Å². The van der Waals surface area contributed by atoms with Crippen molar-refractivity contribution in [3.8, 4) is 28.4 Å². The van der Waals surface area contributed by atoms with Gasteiger partial charge in [0.15, 0.2) is 11.5 Å². The topological polar surface area (TPSA) is 98.0 Å². The van der Waals surface area contributed by atoms with E-state index in [1.165, 1.54) is 19.1 Å². The quantitative estimate of drug-likeness (QED) is 0.654. The first kappa shape index (κ1) is 18.9. The molecule has 0 radical (unpaired) electrons. The van der Waals surface area contributed by atoms with Gasteiger partial charge >= 0.3 is 0 Å². The number of ether oxygens (including phenoxy) is 3. The van der Waals surface area contributed by atoms with Gasteiger partial charge in [0.2, 0.25) is 5.43 Å². The molecule has 0 bridgehead atoms. The number of hydrogen-bond acceptors (Lipinski definition) is 7. The van der Waals surface area contributed by atoms with Crippen LogP contribution in [0.15, 0.2) is 45.6 Å². The van der Waals surface area contributed by atoms with E-state index in [2.05, 4.69) is 0 Å². The maximum Gasteiger partial charge on any atom is 0.200 e. The first-order chi connectivity index (χ1) is 14.0. The maximum absolute atomic E-state index is 13.2. The Balaban J connectivity index is 1.82. The van der Waals surface area contributed by atoms with Gasteiger partial charge in [0.25, 0.3) is 0 Å². The Morgan fingerprint density at radius 1 is 1.14 bits per heavy atom. The molecule has 2 heterocycles. The van der Waals surface area contributed by atoms with Crippen molar-refractivity contribution < 1.29 is 28.5 Å². The van der Waals surface area contributed by atoms with Gasteiger partial charge in [-0.25, -0.2) is 0 Å². The molecule has 0 aliphatic carbocycles. The van der Waals surface area contributed by atoms with Crippen molar-refractivity contribution in [3.05, 3.63) is 52.4 Å². The zero-order valence-corrected chi connectivity index (χ0v) is 16.0. The number of fused-ring (bicyclic) bond motifs is 2. The van der Waals surface area contributed by atoms with Crippen LogP contribution in [-0.4, -0.2) is 25.3 Å². The van der Waals surface area contributed by atoms with Crippen LogP contribution in [0.2, 0.25) is 0 Å². The van der Waals surface area contributed by atoms with Crippen molar-refractivity contribution >= 4 is 16.9 Å². The molecule has 0 unspecified atom stereocenters. The fourth-order valence-electron chi connectivity index (χ4n) is 3.29. The molecule has 0 spiro atoms. The monoisotopic (exact) mass is 395 g/mol. The van der Waals surface area contributed by atoms with Crippen LogP contribution in [0.5, 0.6) is 17.2 Å². The van der Waals surface area contributed by atoms with Gasteiger partial charge in [-0.2, -0.15) is 0 Å². The van der Waals surface area contributed by atoms with Gasteiger partial charge in [-0.15, -0.1) is 0 Å². The number of aryl methyl sites for hydroxylation is 1. The van der Waals surface area contributed by atoms with Gasteiger partial charge in [0, 0.05) is 12.5 Å². The maximum atomic E-state index is 13.2. The van der Waals surface area contributed by atoms with Crippen LogP contribution in [0.3, 0.4) is 0 Å². The standard InChI is InChI=1S/C22H20O7/c1-3-16-20(13-4-7-17-19(10-13)27-9-8-26-17)21(23)15-6-5-14(11-18(15)29-16)28-12(2)22(24)25/h4-7,10-12H,3,8-9H2,1-2H3,(H,24,25)/p-1/t12-/m1/s1. The Bertz CT molecular complexity index is 1150. The number of carboxylic acids is 1. The average Bonchev–Trinajstić information content (AvgIpc) is 2.73. The molecule has 7 nitrogen and oxygen atoms in total. The number of hydrogen-bond donors (Lipinski definition) is 0. The fourth-order valence-corrected chi connectivity index (χ4v) is 3.29. The van der Waals surface area contributed by atoms with Crippen molar-refractivity contribution in [1.82, 2.24) is 0 Å². The minimum Gasteiger partial charge on any atom is -0.546 e. The van der Waals surface area contributed by atoms with Crippen molar-refractivity contribution in [3.63, 3.8) is 0 Å². The molecule has 2 aromatic carbocycles. The van der Waals surface area contributed by atoms with E-state index in [-0.39, 0.29) is 11.2 Å². The zero-order chi connectivity index (χ0) is 20.5. The largest absolute Gasteiger partial charge is 0.546 e. The Morgan fingerprint density at radius 2 is 1.90 bits per heavy atom. The second-order valence-corrected chi connectivity index (χ2v) is 6.68. The van der Waals surface area contributed by atoms with E-state index in [4.69, 9.17) is 18.6 Å². The molecule has 1 atom stereocenters. The zero-order valence-electron chi connectivity index (χ0n) is 16.0. The minimum atomic E-state index is -1.32. The summed E-state index contributed by atoms with van der Waals surface area (Å²) in [5.74, 6) is 0.716. The van der Waals surface area contributed by atoms with Gasteiger partial charge in [-0.1, -0.05) is 13.0 Å². The van der Waals surface area contributed by atoms with Gasteiger partial charge in [-0.05, 0) is 36.8 Å². The Kier molecular flexibility index (Phi) is 4.88. The summed E-state index contributed by atoms with van der Waals surface area (Å²) in [6.07, 6.45) is -0.628. The molecule has 0 saturated carbocycles. The van der Waals surface area contributed by atoms with E-state index in [1.54, 1.807) is 18.2 Å². The van der Waals surface area contributed by atoms with Gasteiger partial charge in [0.1, 0.15) is 36.4 Å². The van der Waals surface area contributed by atoms with E-state index in [1.807, 2.05) is 13.0 Å². The number of aliphatic carboxylic acids is 1. The third-order valence-corrected chi connectivity index (χ3v) is 4.73. The van der Waals surface area contributed by atoms with Crippen LogP contribution in [0.1, 0.15) is 19.6 Å². The molecule has 1 aliphatic heterocycles. The smallest absolute Gasteiger partial charge is 0.200 e. The van der Waals surface area contributed by atoms with E-state index < -0.39 is 12.1 Å². The molecular weight excluding hydrogens is 376 g/mol. The van der Waals surface area contributed by atoms with Crippen LogP contribution >= 0.6 is 0 Å². The van der Waals surface area contributed by atoms with Crippen LogP contribution in [0.25, 0.3) is 22.1 Å². The molecule has 4 rings (SSSR count). The van der Waals surface area contributed by atoms with Crippen LogP contribution in [0, 0.1) is 0 Å². The van der Waals surface area contributed by atoms with Gasteiger partial charge in [0.05, 0.1) is 16.9 Å². The van der Waals surface area contributed by atoms with Crippen LogP contribution in [0.4, 0.5) is 0 Å². The second kappa shape index (κ2) is 7.50. The van der Waals surface area contributed by atoms with Gasteiger partial charge < -0.3 is 28.5 Å². The normalized spacial score (nSPS) is 13.9. The SMILES string of the molecule is CCc1oc2cc(O[C@H](C)C(=O)[O-])ccc2c(=O)c1-c1ccc2c(c1)OCCO2. The molecule has 3 aromatic rings. The summed E-state index contributed by atoms with van der Waals surface area (Å²) in [4.78, 5) is 24.1. The fraction of sp³-hybridized carbons (Fsp3) is 0.273. The summed E-state index contributed by atoms with van der Waals surface area (Å²) in [5.41, 5.74) is 1.30. The van der Waals surface area contributed by atoms with Crippen LogP contribution < -0.4 is 24.7 Å². The molecule has 0 N–H and O–H groups in total. The first-order valence-electron chi connectivity index (χ1n) is 9.35. The molecule has 0 fully saturated rings. The Hall–Kier alpha value is -3.48. The predicted octanol–water partition coefficient (Wildman–Crippen LogP) is 2.31. The molecule has 0 saturated heterocycles. The third-order valence-electron chi connectivity index (χ3n) is 4.73. The Labute approximate surface area is 166 Å². The highest BCUT2D eigenvalue weighted by Crippen LogP contribution is 2.35. The highest BCUT2D eigenvalue weighted by Gasteiger charge is 2.19. The average molecular weight is 395 g/mol.